The molecule has 0 bridgehead atoms. The highest BCUT2D eigenvalue weighted by molar-refractivity contribution is 5.85. The number of nitriles is 1. The van der Waals surface area contributed by atoms with Gasteiger partial charge in [0.1, 0.15) is 0 Å². The standard InChI is InChI=1S/C16H24N2O3/c17-11-12-6-5-7-13(12)18-14(19)10-16(15(20)21)8-3-1-2-4-9-16/h12-13H,1-10H2,(H,18,19)(H,20,21). The van der Waals surface area contributed by atoms with Crippen LogP contribution in [0.2, 0.25) is 0 Å². The van der Waals surface area contributed by atoms with E-state index < -0.39 is 11.4 Å². The van der Waals surface area contributed by atoms with Gasteiger partial charge < -0.3 is 10.4 Å². The second kappa shape index (κ2) is 6.93. The number of nitrogens with one attached hydrogen (secondary N) is 1. The Morgan fingerprint density at radius 2 is 1.81 bits per heavy atom. The van der Waals surface area contributed by atoms with Crippen molar-refractivity contribution < 1.29 is 14.7 Å². The lowest BCUT2D eigenvalue weighted by Crippen LogP contribution is -2.42. The van der Waals surface area contributed by atoms with Crippen LogP contribution < -0.4 is 5.32 Å². The number of carbonyl (C=O) groups is 2. The number of carboxylic acid groups (broad SMARTS) is 1. The van der Waals surface area contributed by atoms with Crippen molar-refractivity contribution >= 4 is 11.9 Å². The molecule has 0 heterocycles. The van der Waals surface area contributed by atoms with Crippen LogP contribution in [0.3, 0.4) is 0 Å². The highest BCUT2D eigenvalue weighted by Gasteiger charge is 2.41. The molecule has 2 atom stereocenters. The second-order valence-corrected chi connectivity index (χ2v) is 6.52. The summed E-state index contributed by atoms with van der Waals surface area (Å²) >= 11 is 0. The van der Waals surface area contributed by atoms with Gasteiger partial charge in [0.2, 0.25) is 5.91 Å². The molecule has 2 rings (SSSR count). The summed E-state index contributed by atoms with van der Waals surface area (Å²) in [6.45, 7) is 0. The van der Waals surface area contributed by atoms with Crippen LogP contribution in [0.15, 0.2) is 0 Å². The predicted molar refractivity (Wildman–Crippen MR) is 77.3 cm³/mol. The minimum absolute atomic E-state index is 0.0526. The van der Waals surface area contributed by atoms with Crippen LogP contribution in [-0.4, -0.2) is 23.0 Å². The maximum absolute atomic E-state index is 12.3. The third-order valence-corrected chi connectivity index (χ3v) is 5.04. The molecule has 2 fully saturated rings. The highest BCUT2D eigenvalue weighted by Crippen LogP contribution is 2.38. The van der Waals surface area contributed by atoms with Gasteiger partial charge in [0.25, 0.3) is 0 Å². The van der Waals surface area contributed by atoms with E-state index in [1.807, 2.05) is 0 Å². The summed E-state index contributed by atoms with van der Waals surface area (Å²) in [4.78, 5) is 24.0. The van der Waals surface area contributed by atoms with Gasteiger partial charge in [-0.2, -0.15) is 5.26 Å². The summed E-state index contributed by atoms with van der Waals surface area (Å²) in [6.07, 6.45) is 7.68. The Morgan fingerprint density at radius 3 is 2.38 bits per heavy atom. The van der Waals surface area contributed by atoms with Crippen molar-refractivity contribution in [2.24, 2.45) is 11.3 Å². The van der Waals surface area contributed by atoms with E-state index >= 15 is 0 Å². The normalized spacial score (nSPS) is 28.3. The van der Waals surface area contributed by atoms with E-state index in [4.69, 9.17) is 5.26 Å². The lowest BCUT2D eigenvalue weighted by Gasteiger charge is -2.28. The molecule has 0 spiro atoms. The van der Waals surface area contributed by atoms with E-state index in [1.165, 1.54) is 0 Å². The second-order valence-electron chi connectivity index (χ2n) is 6.52. The molecule has 2 aliphatic carbocycles. The predicted octanol–water partition coefficient (Wildman–Crippen LogP) is 2.61. The van der Waals surface area contributed by atoms with E-state index in [-0.39, 0.29) is 24.3 Å². The average molecular weight is 292 g/mol. The van der Waals surface area contributed by atoms with Gasteiger partial charge in [0.05, 0.1) is 17.4 Å². The van der Waals surface area contributed by atoms with E-state index in [0.717, 1.165) is 44.9 Å². The topological polar surface area (TPSA) is 90.2 Å². The number of hydrogen-bond acceptors (Lipinski definition) is 3. The fourth-order valence-electron chi connectivity index (χ4n) is 3.72. The van der Waals surface area contributed by atoms with Gasteiger partial charge in [-0.3, -0.25) is 9.59 Å². The first-order valence-corrected chi connectivity index (χ1v) is 8.00. The molecule has 5 heteroatoms. The molecule has 116 valence electrons. The number of aliphatic carboxylic acids is 1. The smallest absolute Gasteiger partial charge is 0.310 e. The Balaban J connectivity index is 1.98. The third kappa shape index (κ3) is 3.75. The largest absolute Gasteiger partial charge is 0.481 e. The molecule has 0 aromatic heterocycles. The summed E-state index contributed by atoms with van der Waals surface area (Å²) in [5.74, 6) is -1.17. The van der Waals surface area contributed by atoms with Crippen molar-refractivity contribution in [1.29, 1.82) is 5.26 Å². The summed E-state index contributed by atoms with van der Waals surface area (Å²) in [5.41, 5.74) is -0.901. The number of carbonyl (C=O) groups excluding carboxylic acids is 1. The zero-order valence-electron chi connectivity index (χ0n) is 12.4. The van der Waals surface area contributed by atoms with Crippen molar-refractivity contribution in [1.82, 2.24) is 5.32 Å². The van der Waals surface area contributed by atoms with E-state index in [9.17, 15) is 14.7 Å². The lowest BCUT2D eigenvalue weighted by molar-refractivity contribution is -0.153. The molecular weight excluding hydrogens is 268 g/mol. The van der Waals surface area contributed by atoms with Crippen LogP contribution in [-0.2, 0) is 9.59 Å². The molecule has 21 heavy (non-hydrogen) atoms. The maximum atomic E-state index is 12.3. The van der Waals surface area contributed by atoms with Crippen molar-refractivity contribution in [3.05, 3.63) is 0 Å². The molecule has 0 aliphatic heterocycles. The number of hydrogen-bond donors (Lipinski definition) is 2. The number of carboxylic acids is 1. The minimum Gasteiger partial charge on any atom is -0.481 e. The average Bonchev–Trinajstić information content (AvgIpc) is 2.74. The van der Waals surface area contributed by atoms with E-state index in [1.54, 1.807) is 0 Å². The van der Waals surface area contributed by atoms with Crippen molar-refractivity contribution in [2.45, 2.75) is 70.3 Å². The molecule has 2 unspecified atom stereocenters. The molecule has 0 aromatic rings. The van der Waals surface area contributed by atoms with Crippen LogP contribution >= 0.6 is 0 Å². The zero-order chi connectivity index (χ0) is 15.3. The molecule has 0 saturated heterocycles. The lowest BCUT2D eigenvalue weighted by atomic mass is 9.77. The van der Waals surface area contributed by atoms with Crippen LogP contribution in [0.4, 0.5) is 0 Å². The first kappa shape index (κ1) is 15.8. The molecule has 0 radical (unpaired) electrons. The summed E-state index contributed by atoms with van der Waals surface area (Å²) in [5, 5.41) is 21.5. The van der Waals surface area contributed by atoms with Crippen LogP contribution in [0.25, 0.3) is 0 Å². The van der Waals surface area contributed by atoms with E-state index in [0.29, 0.717) is 12.8 Å². The SMILES string of the molecule is N#CC1CCCC1NC(=O)CC1(C(=O)O)CCCCCC1. The fourth-order valence-corrected chi connectivity index (χ4v) is 3.72. The molecule has 1 amide bonds. The van der Waals surface area contributed by atoms with Gasteiger partial charge in [0.15, 0.2) is 0 Å². The Bertz CT molecular complexity index is 433. The van der Waals surface area contributed by atoms with Crippen molar-refractivity contribution in [2.75, 3.05) is 0 Å². The Morgan fingerprint density at radius 1 is 1.14 bits per heavy atom. The Labute approximate surface area is 125 Å². The highest BCUT2D eigenvalue weighted by atomic mass is 16.4. The van der Waals surface area contributed by atoms with Crippen LogP contribution in [0, 0.1) is 22.7 Å². The molecule has 2 N–H and O–H groups in total. The van der Waals surface area contributed by atoms with Gasteiger partial charge >= 0.3 is 5.97 Å². The van der Waals surface area contributed by atoms with Gasteiger partial charge in [-0.05, 0) is 32.1 Å². The summed E-state index contributed by atoms with van der Waals surface area (Å²) in [6, 6.07) is 2.14. The third-order valence-electron chi connectivity index (χ3n) is 5.04. The quantitative estimate of drug-likeness (QED) is 0.779. The number of nitrogens with zero attached hydrogens (tertiary/aromatic N) is 1. The molecule has 2 aliphatic rings. The Kier molecular flexibility index (Phi) is 5.22. The van der Waals surface area contributed by atoms with Crippen LogP contribution in [0.1, 0.15) is 64.2 Å². The minimum atomic E-state index is -0.901. The maximum Gasteiger partial charge on any atom is 0.310 e. The van der Waals surface area contributed by atoms with Gasteiger partial charge in [0, 0.05) is 12.5 Å². The first-order chi connectivity index (χ1) is 10.1. The molecule has 2 saturated carbocycles. The molecule has 5 nitrogen and oxygen atoms in total. The van der Waals surface area contributed by atoms with Gasteiger partial charge in [-0.25, -0.2) is 0 Å². The van der Waals surface area contributed by atoms with Crippen molar-refractivity contribution in [3.8, 4) is 6.07 Å². The summed E-state index contributed by atoms with van der Waals surface area (Å²) in [7, 11) is 0. The van der Waals surface area contributed by atoms with Crippen molar-refractivity contribution in [3.63, 3.8) is 0 Å². The van der Waals surface area contributed by atoms with E-state index in [2.05, 4.69) is 11.4 Å². The van der Waals surface area contributed by atoms with Gasteiger partial charge in [-0.1, -0.05) is 25.7 Å². The van der Waals surface area contributed by atoms with Crippen LogP contribution in [0.5, 0.6) is 0 Å². The van der Waals surface area contributed by atoms with Gasteiger partial charge in [-0.15, -0.1) is 0 Å². The first-order valence-electron chi connectivity index (χ1n) is 8.00. The summed E-state index contributed by atoms with van der Waals surface area (Å²) < 4.78 is 0. The zero-order valence-corrected chi connectivity index (χ0v) is 12.4. The number of rotatable bonds is 4. The fraction of sp³-hybridized carbons (Fsp3) is 0.812. The monoisotopic (exact) mass is 292 g/mol. The number of amides is 1. The molecular formula is C16H24N2O3. The molecule has 0 aromatic carbocycles. The Hall–Kier alpha value is -1.57.